The SMILES string of the molecule is CCOC(=O)CCCCN1CCC(c2ccc(O[C@H]3CC[C@H](C(C)(C)C)CC3)cc2)CC1. The molecule has 1 aliphatic carbocycles. The number of unbranched alkanes of at least 4 members (excludes halogenated alkanes) is 1. The molecule has 180 valence electrons. The number of piperidine rings is 1. The molecule has 1 aliphatic heterocycles. The van der Waals surface area contributed by atoms with Crippen LogP contribution in [0.15, 0.2) is 24.3 Å². The highest BCUT2D eigenvalue weighted by Crippen LogP contribution is 2.39. The number of hydrogen-bond donors (Lipinski definition) is 0. The normalized spacial score (nSPS) is 23.1. The van der Waals surface area contributed by atoms with Crippen molar-refractivity contribution in [3.05, 3.63) is 29.8 Å². The zero-order valence-electron chi connectivity index (χ0n) is 20.9. The van der Waals surface area contributed by atoms with Gasteiger partial charge in [-0.1, -0.05) is 32.9 Å². The summed E-state index contributed by atoms with van der Waals surface area (Å²) in [6.45, 7) is 12.9. The maximum atomic E-state index is 11.4. The van der Waals surface area contributed by atoms with Gasteiger partial charge in [-0.05, 0) is 113 Å². The number of carbonyl (C=O) groups is 1. The second-order valence-corrected chi connectivity index (χ2v) is 10.9. The smallest absolute Gasteiger partial charge is 0.305 e. The van der Waals surface area contributed by atoms with Gasteiger partial charge in [0.15, 0.2) is 0 Å². The lowest BCUT2D eigenvalue weighted by atomic mass is 9.72. The molecule has 32 heavy (non-hydrogen) atoms. The molecule has 1 saturated heterocycles. The quantitative estimate of drug-likeness (QED) is 0.319. The van der Waals surface area contributed by atoms with Crippen LogP contribution in [0.5, 0.6) is 5.75 Å². The second-order valence-electron chi connectivity index (χ2n) is 10.9. The Bertz CT molecular complexity index is 678. The predicted molar refractivity (Wildman–Crippen MR) is 131 cm³/mol. The molecule has 4 nitrogen and oxygen atoms in total. The molecule has 0 radical (unpaired) electrons. The van der Waals surface area contributed by atoms with Crippen LogP contribution in [0.2, 0.25) is 0 Å². The lowest BCUT2D eigenvalue weighted by Crippen LogP contribution is -2.33. The zero-order chi connectivity index (χ0) is 23.0. The lowest BCUT2D eigenvalue weighted by Gasteiger charge is -2.37. The van der Waals surface area contributed by atoms with E-state index in [2.05, 4.69) is 49.9 Å². The van der Waals surface area contributed by atoms with Crippen molar-refractivity contribution in [3.8, 4) is 5.75 Å². The molecule has 1 saturated carbocycles. The van der Waals surface area contributed by atoms with E-state index in [1.54, 1.807) is 0 Å². The number of hydrogen-bond acceptors (Lipinski definition) is 4. The Labute approximate surface area is 196 Å². The number of benzene rings is 1. The molecule has 4 heteroatoms. The van der Waals surface area contributed by atoms with Crippen LogP contribution in [0.3, 0.4) is 0 Å². The van der Waals surface area contributed by atoms with Gasteiger partial charge in [-0.3, -0.25) is 4.79 Å². The molecule has 0 spiro atoms. The fourth-order valence-corrected chi connectivity index (χ4v) is 5.39. The van der Waals surface area contributed by atoms with Gasteiger partial charge in [0.25, 0.3) is 0 Å². The zero-order valence-corrected chi connectivity index (χ0v) is 20.9. The molecule has 0 amide bonds. The van der Waals surface area contributed by atoms with Crippen molar-refractivity contribution in [2.24, 2.45) is 11.3 Å². The Morgan fingerprint density at radius 1 is 0.969 bits per heavy atom. The number of carbonyl (C=O) groups excluding carboxylic acids is 1. The molecule has 0 unspecified atom stereocenters. The topological polar surface area (TPSA) is 38.8 Å². The highest BCUT2D eigenvalue weighted by atomic mass is 16.5. The van der Waals surface area contributed by atoms with Crippen molar-refractivity contribution in [3.63, 3.8) is 0 Å². The van der Waals surface area contributed by atoms with Gasteiger partial charge in [0.1, 0.15) is 5.75 Å². The van der Waals surface area contributed by atoms with Gasteiger partial charge < -0.3 is 14.4 Å². The first-order valence-corrected chi connectivity index (χ1v) is 13.0. The predicted octanol–water partition coefficient (Wildman–Crippen LogP) is 6.58. The molecule has 1 aromatic carbocycles. The van der Waals surface area contributed by atoms with Crippen molar-refractivity contribution < 1.29 is 14.3 Å². The number of rotatable bonds is 9. The van der Waals surface area contributed by atoms with E-state index in [0.29, 0.717) is 30.5 Å². The monoisotopic (exact) mass is 443 g/mol. The molecule has 2 fully saturated rings. The Morgan fingerprint density at radius 3 is 2.22 bits per heavy atom. The third kappa shape index (κ3) is 7.79. The maximum Gasteiger partial charge on any atom is 0.305 e. The van der Waals surface area contributed by atoms with Crippen LogP contribution in [0.4, 0.5) is 0 Å². The Balaban J connectivity index is 1.35. The molecular weight excluding hydrogens is 398 g/mol. The molecule has 3 rings (SSSR count). The number of nitrogens with zero attached hydrogens (tertiary/aromatic N) is 1. The van der Waals surface area contributed by atoms with Crippen molar-refractivity contribution in [2.75, 3.05) is 26.2 Å². The van der Waals surface area contributed by atoms with Crippen LogP contribution in [-0.4, -0.2) is 43.2 Å². The van der Waals surface area contributed by atoms with E-state index < -0.39 is 0 Å². The molecule has 1 heterocycles. The van der Waals surface area contributed by atoms with Crippen LogP contribution in [-0.2, 0) is 9.53 Å². The Hall–Kier alpha value is -1.55. The molecule has 0 N–H and O–H groups in total. The van der Waals surface area contributed by atoms with Gasteiger partial charge in [0.05, 0.1) is 12.7 Å². The highest BCUT2D eigenvalue weighted by Gasteiger charge is 2.30. The summed E-state index contributed by atoms with van der Waals surface area (Å²) >= 11 is 0. The third-order valence-corrected chi connectivity index (χ3v) is 7.55. The van der Waals surface area contributed by atoms with Crippen molar-refractivity contribution in [1.29, 1.82) is 0 Å². The summed E-state index contributed by atoms with van der Waals surface area (Å²) in [7, 11) is 0. The number of ether oxygens (including phenoxy) is 2. The summed E-state index contributed by atoms with van der Waals surface area (Å²) in [4.78, 5) is 14.0. The van der Waals surface area contributed by atoms with Gasteiger partial charge in [-0.25, -0.2) is 0 Å². The average molecular weight is 444 g/mol. The number of esters is 1. The van der Waals surface area contributed by atoms with Crippen LogP contribution in [0, 0.1) is 11.3 Å². The van der Waals surface area contributed by atoms with Gasteiger partial charge >= 0.3 is 5.97 Å². The first-order valence-electron chi connectivity index (χ1n) is 13.0. The minimum Gasteiger partial charge on any atom is -0.490 e. The molecule has 2 aliphatic rings. The largest absolute Gasteiger partial charge is 0.490 e. The van der Waals surface area contributed by atoms with E-state index in [9.17, 15) is 4.79 Å². The second kappa shape index (κ2) is 12.1. The van der Waals surface area contributed by atoms with E-state index >= 15 is 0 Å². The molecule has 0 bridgehead atoms. The minimum atomic E-state index is -0.0591. The summed E-state index contributed by atoms with van der Waals surface area (Å²) in [5, 5.41) is 0. The fraction of sp³-hybridized carbons (Fsp3) is 0.750. The summed E-state index contributed by atoms with van der Waals surface area (Å²) < 4.78 is 11.3. The van der Waals surface area contributed by atoms with Crippen molar-refractivity contribution in [1.82, 2.24) is 4.90 Å². The lowest BCUT2D eigenvalue weighted by molar-refractivity contribution is -0.143. The van der Waals surface area contributed by atoms with E-state index in [1.807, 2.05) is 6.92 Å². The van der Waals surface area contributed by atoms with Crippen LogP contribution in [0.25, 0.3) is 0 Å². The summed E-state index contributed by atoms with van der Waals surface area (Å²) in [5.74, 6) is 2.46. The van der Waals surface area contributed by atoms with E-state index in [0.717, 1.165) is 44.1 Å². The van der Waals surface area contributed by atoms with E-state index in [4.69, 9.17) is 9.47 Å². The maximum absolute atomic E-state index is 11.4. The third-order valence-electron chi connectivity index (χ3n) is 7.55. The van der Waals surface area contributed by atoms with Gasteiger partial charge in [0.2, 0.25) is 0 Å². The highest BCUT2D eigenvalue weighted by molar-refractivity contribution is 5.69. The van der Waals surface area contributed by atoms with Crippen molar-refractivity contribution in [2.45, 2.75) is 97.5 Å². The van der Waals surface area contributed by atoms with Crippen molar-refractivity contribution >= 4 is 5.97 Å². The fourth-order valence-electron chi connectivity index (χ4n) is 5.39. The standard InChI is InChI=1S/C28H45NO3/c1-5-31-27(30)8-6-7-19-29-20-17-23(18-21-29)22-9-13-25(14-10-22)32-26-15-11-24(12-16-26)28(2,3)4/h9-10,13-14,23-24,26H,5-8,11-12,15-21H2,1-4H3/t24-,26-. The van der Waals surface area contributed by atoms with Crippen LogP contribution in [0.1, 0.15) is 97.0 Å². The summed E-state index contributed by atoms with van der Waals surface area (Å²) in [6, 6.07) is 8.95. The van der Waals surface area contributed by atoms with Gasteiger partial charge in [-0.15, -0.1) is 0 Å². The summed E-state index contributed by atoms with van der Waals surface area (Å²) in [6.07, 6.45) is 10.3. The number of likely N-dealkylation sites (tertiary alicyclic amines) is 1. The molecule has 0 aromatic heterocycles. The minimum absolute atomic E-state index is 0.0591. The Kier molecular flexibility index (Phi) is 9.46. The average Bonchev–Trinajstić information content (AvgIpc) is 2.78. The molecular formula is C28H45NO3. The first kappa shape index (κ1) is 25.1. The summed E-state index contributed by atoms with van der Waals surface area (Å²) in [5.41, 5.74) is 1.88. The Morgan fingerprint density at radius 2 is 1.62 bits per heavy atom. The van der Waals surface area contributed by atoms with Crippen LogP contribution < -0.4 is 4.74 Å². The van der Waals surface area contributed by atoms with E-state index in [-0.39, 0.29) is 5.97 Å². The van der Waals surface area contributed by atoms with Gasteiger partial charge in [0, 0.05) is 6.42 Å². The van der Waals surface area contributed by atoms with Gasteiger partial charge in [-0.2, -0.15) is 0 Å². The molecule has 0 atom stereocenters. The molecule has 1 aromatic rings. The van der Waals surface area contributed by atoms with Crippen LogP contribution >= 0.6 is 0 Å². The first-order chi connectivity index (χ1) is 15.3. The van der Waals surface area contributed by atoms with E-state index in [1.165, 1.54) is 44.1 Å².